The van der Waals surface area contributed by atoms with E-state index in [2.05, 4.69) is 14.6 Å². The summed E-state index contributed by atoms with van der Waals surface area (Å²) in [5.41, 5.74) is 4.37. The number of nitrogens with zero attached hydrogens (tertiary/aromatic N) is 2. The first kappa shape index (κ1) is 23.6. The van der Waals surface area contributed by atoms with Crippen LogP contribution in [0.1, 0.15) is 11.1 Å². The molecule has 0 aliphatic rings. The summed E-state index contributed by atoms with van der Waals surface area (Å²) in [6.07, 6.45) is 0. The minimum atomic E-state index is -2.93. The summed E-state index contributed by atoms with van der Waals surface area (Å²) < 4.78 is 60.5. The molecular formula is C25H19ClF4N2O2. The fourth-order valence-corrected chi connectivity index (χ4v) is 3.82. The molecule has 0 bridgehead atoms. The van der Waals surface area contributed by atoms with Crippen LogP contribution in [0.2, 0.25) is 5.02 Å². The molecule has 0 amide bonds. The van der Waals surface area contributed by atoms with Gasteiger partial charge in [-0.25, -0.2) is 0 Å². The van der Waals surface area contributed by atoms with Crippen LogP contribution in [0, 0.1) is 6.92 Å². The van der Waals surface area contributed by atoms with Crippen molar-refractivity contribution in [3.8, 4) is 34.0 Å². The summed E-state index contributed by atoms with van der Waals surface area (Å²) in [7, 11) is 0. The lowest BCUT2D eigenvalue weighted by Crippen LogP contribution is -2.04. The Kier molecular flexibility index (Phi) is 7.07. The van der Waals surface area contributed by atoms with Crippen LogP contribution < -0.4 is 9.47 Å². The van der Waals surface area contributed by atoms with Crippen LogP contribution in [0.15, 0.2) is 72.8 Å². The molecule has 3 aromatic carbocycles. The van der Waals surface area contributed by atoms with Crippen LogP contribution in [0.5, 0.6) is 11.5 Å². The van der Waals surface area contributed by atoms with Crippen molar-refractivity contribution in [3.05, 3.63) is 88.9 Å². The summed E-state index contributed by atoms with van der Waals surface area (Å²) in [6.45, 7) is -3.46. The smallest absolute Gasteiger partial charge is 0.387 e. The van der Waals surface area contributed by atoms with Crippen LogP contribution in [0.25, 0.3) is 22.5 Å². The van der Waals surface area contributed by atoms with Crippen molar-refractivity contribution in [3.63, 3.8) is 0 Å². The van der Waals surface area contributed by atoms with Gasteiger partial charge in [0.15, 0.2) is 0 Å². The zero-order chi connectivity index (χ0) is 24.2. The molecule has 176 valence electrons. The topological polar surface area (TPSA) is 36.3 Å². The number of alkyl halides is 4. The maximum atomic E-state index is 12.5. The Bertz CT molecular complexity index is 1240. The van der Waals surface area contributed by atoms with Crippen LogP contribution in [0.3, 0.4) is 0 Å². The van der Waals surface area contributed by atoms with Crippen LogP contribution in [-0.4, -0.2) is 23.0 Å². The predicted molar refractivity (Wildman–Crippen MR) is 122 cm³/mol. The fourth-order valence-electron chi connectivity index (χ4n) is 3.47. The van der Waals surface area contributed by atoms with Crippen molar-refractivity contribution >= 4 is 11.6 Å². The van der Waals surface area contributed by atoms with E-state index in [1.165, 1.54) is 24.3 Å². The Labute approximate surface area is 198 Å². The summed E-state index contributed by atoms with van der Waals surface area (Å²) in [4.78, 5) is 0. The van der Waals surface area contributed by atoms with Gasteiger partial charge in [-0.3, -0.25) is 4.68 Å². The van der Waals surface area contributed by atoms with E-state index in [-0.39, 0.29) is 11.5 Å². The van der Waals surface area contributed by atoms with Crippen molar-refractivity contribution < 1.29 is 27.0 Å². The van der Waals surface area contributed by atoms with Gasteiger partial charge < -0.3 is 9.47 Å². The SMILES string of the molecule is Cc1ccc(Cn2nc(-c3ccc(OC(F)F)cc3)c(Cl)c2-c2ccc(OC(F)F)cc2)cc1. The van der Waals surface area contributed by atoms with Gasteiger partial charge in [0.05, 0.1) is 17.3 Å². The minimum Gasteiger partial charge on any atom is -0.435 e. The lowest BCUT2D eigenvalue weighted by Gasteiger charge is -2.10. The maximum Gasteiger partial charge on any atom is 0.387 e. The number of benzene rings is 3. The third kappa shape index (κ3) is 5.51. The number of hydrogen-bond donors (Lipinski definition) is 0. The Morgan fingerprint density at radius 2 is 1.26 bits per heavy atom. The molecule has 0 fully saturated rings. The monoisotopic (exact) mass is 490 g/mol. The average molecular weight is 491 g/mol. The molecule has 0 radical (unpaired) electrons. The van der Waals surface area contributed by atoms with Gasteiger partial charge in [0, 0.05) is 11.1 Å². The van der Waals surface area contributed by atoms with Gasteiger partial charge in [0.1, 0.15) is 17.2 Å². The van der Waals surface area contributed by atoms with E-state index in [1.807, 2.05) is 31.2 Å². The Morgan fingerprint density at radius 3 is 1.76 bits per heavy atom. The van der Waals surface area contributed by atoms with Gasteiger partial charge in [-0.05, 0) is 61.0 Å². The van der Waals surface area contributed by atoms with E-state index in [0.29, 0.717) is 34.1 Å². The number of halogens is 5. The first-order valence-corrected chi connectivity index (χ1v) is 10.6. The summed E-state index contributed by atoms with van der Waals surface area (Å²) in [5, 5.41) is 5.01. The first-order valence-electron chi connectivity index (χ1n) is 10.2. The van der Waals surface area contributed by atoms with E-state index >= 15 is 0 Å². The molecule has 0 saturated heterocycles. The van der Waals surface area contributed by atoms with Gasteiger partial charge in [0.25, 0.3) is 0 Å². The van der Waals surface area contributed by atoms with E-state index in [9.17, 15) is 17.6 Å². The molecule has 0 unspecified atom stereocenters. The van der Waals surface area contributed by atoms with Gasteiger partial charge >= 0.3 is 13.2 Å². The molecule has 0 atom stereocenters. The number of hydrogen-bond acceptors (Lipinski definition) is 3. The highest BCUT2D eigenvalue weighted by atomic mass is 35.5. The van der Waals surface area contributed by atoms with E-state index in [1.54, 1.807) is 28.9 Å². The zero-order valence-corrected chi connectivity index (χ0v) is 18.6. The normalized spacial score (nSPS) is 11.3. The molecule has 9 heteroatoms. The van der Waals surface area contributed by atoms with Crippen molar-refractivity contribution in [1.82, 2.24) is 9.78 Å². The van der Waals surface area contributed by atoms with E-state index in [4.69, 9.17) is 11.6 Å². The molecule has 4 rings (SSSR count). The number of aromatic nitrogens is 2. The molecule has 0 aliphatic carbocycles. The Morgan fingerprint density at radius 1 is 0.765 bits per heavy atom. The molecule has 34 heavy (non-hydrogen) atoms. The molecule has 0 N–H and O–H groups in total. The second-order valence-electron chi connectivity index (χ2n) is 7.46. The van der Waals surface area contributed by atoms with Crippen LogP contribution in [0.4, 0.5) is 17.6 Å². The van der Waals surface area contributed by atoms with E-state index < -0.39 is 13.2 Å². The highest BCUT2D eigenvalue weighted by Gasteiger charge is 2.20. The second kappa shape index (κ2) is 10.2. The van der Waals surface area contributed by atoms with Gasteiger partial charge in [-0.2, -0.15) is 22.7 Å². The van der Waals surface area contributed by atoms with Crippen molar-refractivity contribution in [1.29, 1.82) is 0 Å². The summed E-state index contributed by atoms with van der Waals surface area (Å²) in [5.74, 6) is 0.0399. The van der Waals surface area contributed by atoms with Crippen molar-refractivity contribution in [2.45, 2.75) is 26.7 Å². The van der Waals surface area contributed by atoms with Crippen molar-refractivity contribution in [2.75, 3.05) is 0 Å². The highest BCUT2D eigenvalue weighted by Crippen LogP contribution is 2.38. The minimum absolute atomic E-state index is 0.0174. The third-order valence-corrected chi connectivity index (χ3v) is 5.41. The third-order valence-electron chi connectivity index (χ3n) is 5.05. The molecule has 0 saturated carbocycles. The lowest BCUT2D eigenvalue weighted by atomic mass is 10.1. The van der Waals surface area contributed by atoms with Crippen LogP contribution >= 0.6 is 11.6 Å². The number of aryl methyl sites for hydroxylation is 1. The van der Waals surface area contributed by atoms with Crippen LogP contribution in [-0.2, 0) is 6.54 Å². The second-order valence-corrected chi connectivity index (χ2v) is 7.84. The van der Waals surface area contributed by atoms with Gasteiger partial charge in [-0.15, -0.1) is 0 Å². The average Bonchev–Trinajstić information content (AvgIpc) is 3.11. The maximum absolute atomic E-state index is 12.5. The quantitative estimate of drug-likeness (QED) is 0.241. The summed E-state index contributed by atoms with van der Waals surface area (Å²) in [6, 6.07) is 20.0. The lowest BCUT2D eigenvalue weighted by molar-refractivity contribution is -0.0505. The largest absolute Gasteiger partial charge is 0.435 e. The standard InChI is InChI=1S/C25H19ClF4N2O2/c1-15-2-4-16(5-3-15)14-32-23(18-8-12-20(13-9-18)34-25(29)30)21(26)22(31-32)17-6-10-19(11-7-17)33-24(27)28/h2-13,24-25H,14H2,1H3. The zero-order valence-electron chi connectivity index (χ0n) is 17.9. The number of rotatable bonds is 8. The molecule has 1 aromatic heterocycles. The molecule has 4 nitrogen and oxygen atoms in total. The molecule has 0 aliphatic heterocycles. The summed E-state index contributed by atoms with van der Waals surface area (Å²) >= 11 is 6.75. The van der Waals surface area contributed by atoms with Gasteiger partial charge in [0.2, 0.25) is 0 Å². The molecule has 1 heterocycles. The fraction of sp³-hybridized carbons (Fsp3) is 0.160. The number of ether oxygens (including phenoxy) is 2. The molecular weight excluding hydrogens is 472 g/mol. The van der Waals surface area contributed by atoms with E-state index in [0.717, 1.165) is 11.1 Å². The highest BCUT2D eigenvalue weighted by molar-refractivity contribution is 6.35. The Balaban J connectivity index is 1.75. The molecule has 4 aromatic rings. The molecule has 0 spiro atoms. The van der Waals surface area contributed by atoms with Gasteiger partial charge in [-0.1, -0.05) is 41.4 Å². The van der Waals surface area contributed by atoms with Crippen molar-refractivity contribution in [2.24, 2.45) is 0 Å². The Hall–Kier alpha value is -3.52. The first-order chi connectivity index (χ1) is 16.3. The predicted octanol–water partition coefficient (Wildman–Crippen LogP) is 7.43.